The van der Waals surface area contributed by atoms with Crippen molar-refractivity contribution in [3.05, 3.63) is 29.6 Å². The molecule has 1 atom stereocenters. The fourth-order valence-electron chi connectivity index (χ4n) is 2.11. The summed E-state index contributed by atoms with van der Waals surface area (Å²) in [5.41, 5.74) is 3.83. The highest BCUT2D eigenvalue weighted by Crippen LogP contribution is 2.35. The Morgan fingerprint density at radius 3 is 2.30 bits per heavy atom. The number of ether oxygens (including phenoxy) is 1. The van der Waals surface area contributed by atoms with Gasteiger partial charge in [0.05, 0.1) is 7.11 Å². The lowest BCUT2D eigenvalue weighted by Crippen LogP contribution is -2.48. The second kappa shape index (κ2) is 6.41. The summed E-state index contributed by atoms with van der Waals surface area (Å²) in [5.74, 6) is -1.59. The van der Waals surface area contributed by atoms with Crippen molar-refractivity contribution in [1.82, 2.24) is 0 Å². The molecule has 0 spiro atoms. The molecule has 0 amide bonds. The lowest BCUT2D eigenvalue weighted by molar-refractivity contribution is -0.145. The molecule has 0 aromatic heterocycles. The molecule has 0 bridgehead atoms. The first kappa shape index (κ1) is 18.7. The average molecular weight is 306 g/mol. The molecule has 0 aliphatic rings. The Labute approximate surface area is 124 Å². The molecule has 1 aromatic rings. The minimum atomic E-state index is -1.76. The molecule has 0 saturated heterocycles. The Morgan fingerprint density at radius 1 is 1.40 bits per heavy atom. The van der Waals surface area contributed by atoms with Crippen molar-refractivity contribution in [2.45, 2.75) is 32.7 Å². The second-order valence-corrected chi connectivity index (χ2v) is 5.86. The summed E-state index contributed by atoms with van der Waals surface area (Å²) in [6, 6.07) is 4.02. The topological polar surface area (TPSA) is 72.5 Å². The van der Waals surface area contributed by atoms with E-state index in [0.717, 1.165) is 6.07 Å². The third-order valence-corrected chi connectivity index (χ3v) is 2.85. The summed E-state index contributed by atoms with van der Waals surface area (Å²) in [4.78, 5) is 11.5. The van der Waals surface area contributed by atoms with E-state index in [0.29, 0.717) is 5.75 Å². The van der Waals surface area contributed by atoms with Crippen LogP contribution in [0.2, 0.25) is 0 Å². The number of carbonyl (C=O) groups is 1. The van der Waals surface area contributed by atoms with Crippen molar-refractivity contribution in [1.29, 1.82) is 0 Å². The molecular formula is C14H21ClFNO3. The first-order valence-electron chi connectivity index (χ1n) is 5.96. The zero-order valence-corrected chi connectivity index (χ0v) is 12.9. The zero-order valence-electron chi connectivity index (χ0n) is 12.1. The van der Waals surface area contributed by atoms with E-state index in [4.69, 9.17) is 10.5 Å². The van der Waals surface area contributed by atoms with Gasteiger partial charge >= 0.3 is 5.97 Å². The molecule has 0 aliphatic carbocycles. The van der Waals surface area contributed by atoms with E-state index < -0.39 is 17.3 Å². The van der Waals surface area contributed by atoms with Gasteiger partial charge < -0.3 is 15.6 Å². The summed E-state index contributed by atoms with van der Waals surface area (Å²) in [7, 11) is 1.41. The van der Waals surface area contributed by atoms with E-state index in [9.17, 15) is 14.3 Å². The third-order valence-electron chi connectivity index (χ3n) is 2.85. The van der Waals surface area contributed by atoms with Crippen LogP contribution >= 0.6 is 12.4 Å². The highest BCUT2D eigenvalue weighted by atomic mass is 35.5. The van der Waals surface area contributed by atoms with E-state index in [1.54, 1.807) is 0 Å². The van der Waals surface area contributed by atoms with Gasteiger partial charge in [0.2, 0.25) is 0 Å². The summed E-state index contributed by atoms with van der Waals surface area (Å²) >= 11 is 0. The van der Waals surface area contributed by atoms with Crippen molar-refractivity contribution in [2.24, 2.45) is 11.1 Å². The molecule has 0 aliphatic heterocycles. The third kappa shape index (κ3) is 4.08. The van der Waals surface area contributed by atoms with Crippen LogP contribution in [0.3, 0.4) is 0 Å². The monoisotopic (exact) mass is 305 g/mol. The lowest BCUT2D eigenvalue weighted by atomic mass is 9.76. The molecule has 3 N–H and O–H groups in total. The molecule has 0 fully saturated rings. The van der Waals surface area contributed by atoms with Crippen LogP contribution in [0.5, 0.6) is 5.75 Å². The maximum absolute atomic E-state index is 14.0. The van der Waals surface area contributed by atoms with Gasteiger partial charge in [-0.05, 0) is 24.0 Å². The van der Waals surface area contributed by atoms with E-state index in [1.165, 1.54) is 19.2 Å². The standard InChI is InChI=1S/C14H20FNO3.ClH/c1-13(2,3)8-14(16,12(17)18)10-6-5-9(19-4)7-11(10)15;/h5-7H,8,16H2,1-4H3,(H,17,18);1H/t14-;/m1./s1. The summed E-state index contributed by atoms with van der Waals surface area (Å²) < 4.78 is 18.9. The van der Waals surface area contributed by atoms with E-state index in [1.807, 2.05) is 20.8 Å². The van der Waals surface area contributed by atoms with E-state index in [-0.39, 0.29) is 29.8 Å². The quantitative estimate of drug-likeness (QED) is 0.897. The lowest BCUT2D eigenvalue weighted by Gasteiger charge is -2.32. The normalized spacial score (nSPS) is 14.1. The highest BCUT2D eigenvalue weighted by molar-refractivity contribution is 5.85. The van der Waals surface area contributed by atoms with Crippen molar-refractivity contribution in [3.8, 4) is 5.75 Å². The summed E-state index contributed by atoms with van der Waals surface area (Å²) in [6.07, 6.45) is 0.124. The van der Waals surface area contributed by atoms with E-state index >= 15 is 0 Å². The van der Waals surface area contributed by atoms with Crippen LogP contribution in [0.4, 0.5) is 4.39 Å². The maximum atomic E-state index is 14.0. The number of benzene rings is 1. The number of hydrogen-bond donors (Lipinski definition) is 2. The van der Waals surface area contributed by atoms with Crippen molar-refractivity contribution in [2.75, 3.05) is 7.11 Å². The highest BCUT2D eigenvalue weighted by Gasteiger charge is 2.41. The van der Waals surface area contributed by atoms with Gasteiger partial charge in [-0.25, -0.2) is 9.18 Å². The van der Waals surface area contributed by atoms with Crippen LogP contribution in [0.1, 0.15) is 32.8 Å². The van der Waals surface area contributed by atoms with Gasteiger partial charge in [0.25, 0.3) is 0 Å². The number of carboxylic acids is 1. The fraction of sp³-hybridized carbons (Fsp3) is 0.500. The molecule has 0 heterocycles. The average Bonchev–Trinajstić information content (AvgIpc) is 2.25. The first-order chi connectivity index (χ1) is 8.60. The first-order valence-corrected chi connectivity index (χ1v) is 5.96. The van der Waals surface area contributed by atoms with Gasteiger partial charge in [-0.1, -0.05) is 20.8 Å². The molecule has 114 valence electrons. The van der Waals surface area contributed by atoms with Gasteiger partial charge in [0.15, 0.2) is 0 Å². The Hall–Kier alpha value is -1.33. The number of halogens is 2. The second-order valence-electron chi connectivity index (χ2n) is 5.86. The van der Waals surface area contributed by atoms with E-state index in [2.05, 4.69) is 0 Å². The van der Waals surface area contributed by atoms with Gasteiger partial charge in [-0.15, -0.1) is 12.4 Å². The predicted molar refractivity (Wildman–Crippen MR) is 77.8 cm³/mol. The van der Waals surface area contributed by atoms with Crippen LogP contribution < -0.4 is 10.5 Å². The minimum Gasteiger partial charge on any atom is -0.497 e. The Bertz CT molecular complexity index is 488. The number of rotatable bonds is 4. The summed E-state index contributed by atoms with van der Waals surface area (Å²) in [6.45, 7) is 5.58. The van der Waals surface area contributed by atoms with Crippen LogP contribution in [0.15, 0.2) is 18.2 Å². The van der Waals surface area contributed by atoms with Gasteiger partial charge in [0.1, 0.15) is 17.1 Å². The van der Waals surface area contributed by atoms with Gasteiger partial charge in [-0.2, -0.15) is 0 Å². The zero-order chi connectivity index (χ0) is 14.8. The maximum Gasteiger partial charge on any atom is 0.328 e. The molecule has 0 radical (unpaired) electrons. The number of methoxy groups -OCH3 is 1. The number of carboxylic acid groups (broad SMARTS) is 1. The van der Waals surface area contributed by atoms with Crippen molar-refractivity contribution < 1.29 is 19.0 Å². The van der Waals surface area contributed by atoms with Crippen LogP contribution in [0.25, 0.3) is 0 Å². The molecule has 0 unspecified atom stereocenters. The largest absolute Gasteiger partial charge is 0.497 e. The molecule has 1 rings (SSSR count). The number of hydrogen-bond acceptors (Lipinski definition) is 3. The van der Waals surface area contributed by atoms with Crippen LogP contribution in [-0.4, -0.2) is 18.2 Å². The molecular weight excluding hydrogens is 285 g/mol. The smallest absolute Gasteiger partial charge is 0.328 e. The summed E-state index contributed by atoms with van der Waals surface area (Å²) in [5, 5.41) is 9.38. The minimum absolute atomic E-state index is 0. The molecule has 0 saturated carbocycles. The SMILES string of the molecule is COc1ccc([C@](N)(CC(C)(C)C)C(=O)O)c(F)c1.Cl. The Morgan fingerprint density at radius 2 is 1.95 bits per heavy atom. The van der Waals surface area contributed by atoms with Gasteiger partial charge in [-0.3, -0.25) is 0 Å². The van der Waals surface area contributed by atoms with Crippen LogP contribution in [-0.2, 0) is 10.3 Å². The van der Waals surface area contributed by atoms with Crippen molar-refractivity contribution in [3.63, 3.8) is 0 Å². The molecule has 6 heteroatoms. The molecule has 4 nitrogen and oxygen atoms in total. The number of nitrogens with two attached hydrogens (primary N) is 1. The fourth-order valence-corrected chi connectivity index (χ4v) is 2.11. The molecule has 1 aromatic carbocycles. The molecule has 20 heavy (non-hydrogen) atoms. The number of aliphatic carboxylic acids is 1. The Balaban J connectivity index is 0.00000361. The van der Waals surface area contributed by atoms with Crippen LogP contribution in [0, 0.1) is 11.2 Å². The predicted octanol–water partition coefficient (Wildman–Crippen LogP) is 2.93. The Kier molecular flexibility index (Phi) is 5.99. The van der Waals surface area contributed by atoms with Crippen molar-refractivity contribution >= 4 is 18.4 Å². The van der Waals surface area contributed by atoms with Gasteiger partial charge in [0, 0.05) is 11.6 Å².